The van der Waals surface area contributed by atoms with E-state index >= 15 is 0 Å². The summed E-state index contributed by atoms with van der Waals surface area (Å²) < 4.78 is 79.5. The number of carbonyl (C=O) groups is 1. The molecule has 1 amide bonds. The van der Waals surface area contributed by atoms with Crippen molar-refractivity contribution in [1.29, 1.82) is 0 Å². The molecule has 11 heteroatoms. The normalized spacial score (nSPS) is 11.3. The first-order chi connectivity index (χ1) is 8.98. The molecule has 0 heterocycles. The van der Waals surface area contributed by atoms with Crippen molar-refractivity contribution < 1.29 is 35.5 Å². The Bertz CT molecular complexity index is 648. The van der Waals surface area contributed by atoms with Crippen LogP contribution in [0.25, 0.3) is 0 Å². The number of halogens is 5. The molecule has 0 saturated heterocycles. The van der Waals surface area contributed by atoms with Gasteiger partial charge in [-0.3, -0.25) is 0 Å². The number of hydrogen-bond donors (Lipinski definition) is 0. The van der Waals surface area contributed by atoms with Gasteiger partial charge in [0.25, 0.3) is 9.05 Å². The maximum Gasteiger partial charge on any atom is 0.414 e. The summed E-state index contributed by atoms with van der Waals surface area (Å²) in [6.45, 7) is 0. The molecule has 0 spiro atoms. The molecule has 0 saturated carbocycles. The lowest BCUT2D eigenvalue weighted by Crippen LogP contribution is -2.26. The zero-order valence-corrected chi connectivity index (χ0v) is 11.5. The van der Waals surface area contributed by atoms with Gasteiger partial charge in [-0.2, -0.15) is 8.78 Å². The predicted octanol–water partition coefficient (Wildman–Crippen LogP) is 2.23. The van der Waals surface area contributed by atoms with Gasteiger partial charge in [0.1, 0.15) is 0 Å². The van der Waals surface area contributed by atoms with Gasteiger partial charge < -0.3 is 9.64 Å². The van der Waals surface area contributed by atoms with Crippen LogP contribution in [0.4, 0.5) is 22.4 Å². The van der Waals surface area contributed by atoms with E-state index in [4.69, 9.17) is 0 Å². The smallest absolute Gasteiger partial charge is 0.404 e. The summed E-state index contributed by atoms with van der Waals surface area (Å²) in [5.74, 6) is -10.7. The summed E-state index contributed by atoms with van der Waals surface area (Å²) in [7, 11) is 1.87. The van der Waals surface area contributed by atoms with Crippen LogP contribution >= 0.6 is 10.7 Å². The molecule has 1 aromatic rings. The third kappa shape index (κ3) is 2.96. The van der Waals surface area contributed by atoms with E-state index in [0.717, 1.165) is 19.0 Å². The molecule has 1 rings (SSSR count). The molecule has 0 aliphatic carbocycles. The number of ether oxygens (including phenoxy) is 1. The lowest BCUT2D eigenvalue weighted by molar-refractivity contribution is 0.166. The summed E-state index contributed by atoms with van der Waals surface area (Å²) >= 11 is 0. The predicted molar refractivity (Wildman–Crippen MR) is 59.0 cm³/mol. The third-order valence-electron chi connectivity index (χ3n) is 1.98. The van der Waals surface area contributed by atoms with Gasteiger partial charge in [0.05, 0.1) is 0 Å². The Labute approximate surface area is 115 Å². The molecule has 1 aromatic carbocycles. The quantitative estimate of drug-likeness (QED) is 0.472. The van der Waals surface area contributed by atoms with Crippen LogP contribution in [0.5, 0.6) is 5.75 Å². The van der Waals surface area contributed by atoms with Gasteiger partial charge in [0.15, 0.2) is 16.5 Å². The zero-order valence-electron chi connectivity index (χ0n) is 9.88. The van der Waals surface area contributed by atoms with Crippen molar-refractivity contribution in [2.45, 2.75) is 4.90 Å². The number of amides is 1. The molecule has 0 aliphatic rings. The van der Waals surface area contributed by atoms with E-state index in [1.807, 2.05) is 0 Å². The van der Waals surface area contributed by atoms with E-state index in [2.05, 4.69) is 15.4 Å². The first kappa shape index (κ1) is 16.5. The lowest BCUT2D eigenvalue weighted by atomic mass is 10.3. The fourth-order valence-corrected chi connectivity index (χ4v) is 2.09. The van der Waals surface area contributed by atoms with Crippen LogP contribution in [-0.2, 0) is 9.05 Å². The largest absolute Gasteiger partial charge is 0.414 e. The summed E-state index contributed by atoms with van der Waals surface area (Å²) in [5.41, 5.74) is 0. The van der Waals surface area contributed by atoms with Crippen molar-refractivity contribution in [3.8, 4) is 5.75 Å². The second-order valence-electron chi connectivity index (χ2n) is 3.61. The van der Waals surface area contributed by atoms with Gasteiger partial charge >= 0.3 is 6.09 Å². The maximum atomic E-state index is 13.5. The Morgan fingerprint density at radius 2 is 1.45 bits per heavy atom. The molecular weight excluding hydrogens is 330 g/mol. The van der Waals surface area contributed by atoms with Crippen LogP contribution in [0.3, 0.4) is 0 Å². The molecule has 20 heavy (non-hydrogen) atoms. The van der Waals surface area contributed by atoms with Gasteiger partial charge in [0.2, 0.25) is 17.4 Å². The minimum atomic E-state index is -5.08. The highest BCUT2D eigenvalue weighted by Crippen LogP contribution is 2.34. The van der Waals surface area contributed by atoms with E-state index < -0.39 is 49.1 Å². The van der Waals surface area contributed by atoms with Gasteiger partial charge in [-0.1, -0.05) is 0 Å². The highest BCUT2D eigenvalue weighted by Gasteiger charge is 2.34. The summed E-state index contributed by atoms with van der Waals surface area (Å²) in [4.78, 5) is 9.82. The molecule has 0 aromatic heterocycles. The van der Waals surface area contributed by atoms with Crippen molar-refractivity contribution in [3.63, 3.8) is 0 Å². The van der Waals surface area contributed by atoms with Crippen LogP contribution in [0.2, 0.25) is 0 Å². The van der Waals surface area contributed by atoms with Crippen LogP contribution in [0.1, 0.15) is 0 Å². The number of benzene rings is 1. The Morgan fingerprint density at radius 3 is 1.75 bits per heavy atom. The molecule has 0 aliphatic heterocycles. The molecule has 0 N–H and O–H groups in total. The molecule has 0 unspecified atom stereocenters. The molecule has 112 valence electrons. The summed E-state index contributed by atoms with van der Waals surface area (Å²) in [6, 6.07) is 0. The Balaban J connectivity index is 3.57. The first-order valence-corrected chi connectivity index (χ1v) is 6.99. The average Bonchev–Trinajstić information content (AvgIpc) is 2.30. The van der Waals surface area contributed by atoms with Crippen LogP contribution in [0.15, 0.2) is 4.90 Å². The zero-order chi connectivity index (χ0) is 15.8. The van der Waals surface area contributed by atoms with Crippen molar-refractivity contribution >= 4 is 25.8 Å². The minimum absolute atomic E-state index is 0.723. The van der Waals surface area contributed by atoms with Gasteiger partial charge in [0, 0.05) is 24.8 Å². The van der Waals surface area contributed by atoms with Crippen molar-refractivity contribution in [2.24, 2.45) is 0 Å². The second kappa shape index (κ2) is 5.44. The van der Waals surface area contributed by atoms with Crippen molar-refractivity contribution in [3.05, 3.63) is 23.3 Å². The molecular formula is C9H6ClF4NO4S. The van der Waals surface area contributed by atoms with E-state index in [9.17, 15) is 30.8 Å². The summed E-state index contributed by atoms with van der Waals surface area (Å²) in [6.07, 6.45) is -1.33. The molecule has 5 nitrogen and oxygen atoms in total. The maximum absolute atomic E-state index is 13.5. The van der Waals surface area contributed by atoms with E-state index in [0.29, 0.717) is 0 Å². The molecule has 0 radical (unpaired) electrons. The minimum Gasteiger partial charge on any atom is -0.404 e. The highest BCUT2D eigenvalue weighted by molar-refractivity contribution is 8.13. The topological polar surface area (TPSA) is 63.7 Å². The Morgan fingerprint density at radius 1 is 1.05 bits per heavy atom. The fraction of sp³-hybridized carbons (Fsp3) is 0.222. The van der Waals surface area contributed by atoms with E-state index in [1.165, 1.54) is 0 Å². The summed E-state index contributed by atoms with van der Waals surface area (Å²) in [5, 5.41) is 0. The Hall–Kier alpha value is -1.55. The first-order valence-electron chi connectivity index (χ1n) is 4.68. The van der Waals surface area contributed by atoms with Crippen LogP contribution in [-0.4, -0.2) is 33.5 Å². The van der Waals surface area contributed by atoms with Crippen molar-refractivity contribution in [2.75, 3.05) is 14.1 Å². The van der Waals surface area contributed by atoms with Gasteiger partial charge in [-0.15, -0.1) is 0 Å². The van der Waals surface area contributed by atoms with E-state index in [-0.39, 0.29) is 0 Å². The van der Waals surface area contributed by atoms with Crippen molar-refractivity contribution in [1.82, 2.24) is 4.90 Å². The number of hydrogen-bond acceptors (Lipinski definition) is 4. The molecule has 0 atom stereocenters. The van der Waals surface area contributed by atoms with E-state index in [1.54, 1.807) is 0 Å². The second-order valence-corrected chi connectivity index (χ2v) is 6.12. The van der Waals surface area contributed by atoms with Gasteiger partial charge in [-0.05, 0) is 0 Å². The monoisotopic (exact) mass is 335 g/mol. The average molecular weight is 336 g/mol. The fourth-order valence-electron chi connectivity index (χ4n) is 1.07. The number of carbonyl (C=O) groups excluding carboxylic acids is 1. The van der Waals surface area contributed by atoms with Crippen LogP contribution in [0, 0.1) is 23.3 Å². The third-order valence-corrected chi connectivity index (χ3v) is 3.29. The van der Waals surface area contributed by atoms with Crippen LogP contribution < -0.4 is 4.74 Å². The van der Waals surface area contributed by atoms with Gasteiger partial charge in [-0.25, -0.2) is 22.0 Å². The standard InChI is InChI=1S/C9H6ClF4NO4S/c1-15(2)9(16)19-7-3(11)5(13)8(20(10,17)18)6(14)4(7)12/h1-2H3. The number of rotatable bonds is 2. The SMILES string of the molecule is CN(C)C(=O)Oc1c(F)c(F)c(S(=O)(=O)Cl)c(F)c1F. The highest BCUT2D eigenvalue weighted by atomic mass is 35.7. The number of nitrogens with zero attached hydrogens (tertiary/aromatic N) is 1. The molecule has 0 bridgehead atoms. The lowest BCUT2D eigenvalue weighted by Gasteiger charge is -2.13. The Kier molecular flexibility index (Phi) is 4.49. The molecule has 0 fully saturated rings.